The molecule has 0 aliphatic carbocycles. The smallest absolute Gasteiger partial charge is 0.250 e. The lowest BCUT2D eigenvalue weighted by molar-refractivity contribution is 0.578. The molecule has 1 N–H and O–H groups in total. The van der Waals surface area contributed by atoms with Gasteiger partial charge in [-0.05, 0) is 41.7 Å². The zero-order valence-electron chi connectivity index (χ0n) is 20.9. The first-order valence-corrected chi connectivity index (χ1v) is 12.3. The van der Waals surface area contributed by atoms with Crippen LogP contribution in [0.3, 0.4) is 0 Å². The highest BCUT2D eigenvalue weighted by atomic mass is 19.1. The highest BCUT2D eigenvalue weighted by Crippen LogP contribution is 2.19. The number of aryl methyl sites for hydroxylation is 2. The number of nitrogens with zero attached hydrogens (tertiary/aromatic N) is 4. The van der Waals surface area contributed by atoms with E-state index in [0.29, 0.717) is 36.5 Å². The molecule has 0 atom stereocenters. The summed E-state index contributed by atoms with van der Waals surface area (Å²) in [5.74, 6) is -0.259. The molecule has 0 saturated carbocycles. The van der Waals surface area contributed by atoms with E-state index < -0.39 is 0 Å². The Morgan fingerprint density at radius 1 is 1.03 bits per heavy atom. The van der Waals surface area contributed by atoms with Gasteiger partial charge in [-0.15, -0.1) is 0 Å². The van der Waals surface area contributed by atoms with Crippen LogP contribution in [0.15, 0.2) is 78.5 Å². The van der Waals surface area contributed by atoms with Gasteiger partial charge in [-0.2, -0.15) is 5.10 Å². The van der Waals surface area contributed by atoms with Crippen LogP contribution < -0.4 is 10.9 Å². The molecule has 0 aliphatic rings. The predicted molar refractivity (Wildman–Crippen MR) is 141 cm³/mol. The minimum Gasteiger partial charge on any atom is -0.379 e. The van der Waals surface area contributed by atoms with E-state index in [-0.39, 0.29) is 17.9 Å². The van der Waals surface area contributed by atoms with Crippen LogP contribution in [0.5, 0.6) is 0 Å². The van der Waals surface area contributed by atoms with Crippen molar-refractivity contribution >= 4 is 5.70 Å². The summed E-state index contributed by atoms with van der Waals surface area (Å²) in [6, 6.07) is 15.1. The third kappa shape index (κ3) is 5.97. The van der Waals surface area contributed by atoms with Gasteiger partial charge in [0.2, 0.25) is 0 Å². The highest BCUT2D eigenvalue weighted by Gasteiger charge is 2.14. The summed E-state index contributed by atoms with van der Waals surface area (Å²) in [6.45, 7) is 9.65. The first-order chi connectivity index (χ1) is 17.5. The summed E-state index contributed by atoms with van der Waals surface area (Å²) in [7, 11) is 0. The number of benzene rings is 1. The number of hydrogen-bond acceptors (Lipinski definition) is 4. The molecule has 0 radical (unpaired) electrons. The first-order valence-electron chi connectivity index (χ1n) is 12.3. The van der Waals surface area contributed by atoms with E-state index in [9.17, 15) is 9.18 Å². The fourth-order valence-electron chi connectivity index (χ4n) is 4.16. The molecule has 3 heterocycles. The third-order valence-electron chi connectivity index (χ3n) is 6.16. The number of nitrogens with one attached hydrogen (secondary N) is 1. The van der Waals surface area contributed by atoms with Crippen LogP contribution in [-0.4, -0.2) is 19.3 Å². The van der Waals surface area contributed by atoms with Crippen molar-refractivity contribution in [3.8, 4) is 0 Å². The average molecular weight is 486 g/mol. The van der Waals surface area contributed by atoms with E-state index >= 15 is 0 Å². The van der Waals surface area contributed by atoms with E-state index in [0.717, 1.165) is 35.2 Å². The Morgan fingerprint density at radius 2 is 1.78 bits per heavy atom. The molecule has 0 fully saturated rings. The van der Waals surface area contributed by atoms with Gasteiger partial charge in [0.05, 0.1) is 31.0 Å². The van der Waals surface area contributed by atoms with Crippen molar-refractivity contribution in [2.45, 2.75) is 52.7 Å². The lowest BCUT2D eigenvalue weighted by Crippen LogP contribution is -2.18. The quantitative estimate of drug-likeness (QED) is 0.326. The maximum atomic E-state index is 14.6. The van der Waals surface area contributed by atoms with Gasteiger partial charge in [-0.3, -0.25) is 14.5 Å². The van der Waals surface area contributed by atoms with Gasteiger partial charge < -0.3 is 9.88 Å². The SMILES string of the molecule is C=C(NCc1nccc(CC)c1F)c1cn(Cc2ccc(Cn3ccccc3=O)cc2)nc1CCC. The van der Waals surface area contributed by atoms with Crippen LogP contribution in [0.1, 0.15) is 53.9 Å². The summed E-state index contributed by atoms with van der Waals surface area (Å²) in [4.78, 5) is 16.2. The Morgan fingerprint density at radius 3 is 2.47 bits per heavy atom. The molecule has 0 bridgehead atoms. The third-order valence-corrected chi connectivity index (χ3v) is 6.16. The van der Waals surface area contributed by atoms with Crippen LogP contribution in [-0.2, 0) is 32.5 Å². The molecule has 4 aromatic rings. The minimum atomic E-state index is -0.259. The second-order valence-electron chi connectivity index (χ2n) is 8.84. The van der Waals surface area contributed by atoms with Crippen LogP contribution in [0, 0.1) is 5.82 Å². The van der Waals surface area contributed by atoms with E-state index in [4.69, 9.17) is 5.10 Å². The minimum absolute atomic E-state index is 0.0143. The maximum Gasteiger partial charge on any atom is 0.250 e. The number of pyridine rings is 2. The summed E-state index contributed by atoms with van der Waals surface area (Å²) in [6.07, 6.45) is 7.84. The van der Waals surface area contributed by atoms with Crippen molar-refractivity contribution in [3.63, 3.8) is 0 Å². The lowest BCUT2D eigenvalue weighted by Gasteiger charge is -2.11. The Labute approximate surface area is 211 Å². The highest BCUT2D eigenvalue weighted by molar-refractivity contribution is 5.63. The Balaban J connectivity index is 1.44. The van der Waals surface area contributed by atoms with Crippen molar-refractivity contribution in [3.05, 3.63) is 124 Å². The van der Waals surface area contributed by atoms with Gasteiger partial charge in [0.1, 0.15) is 5.82 Å². The Bertz CT molecular complexity index is 1390. The van der Waals surface area contributed by atoms with Crippen molar-refractivity contribution in [2.24, 2.45) is 0 Å². The summed E-state index contributed by atoms with van der Waals surface area (Å²) >= 11 is 0. The summed E-state index contributed by atoms with van der Waals surface area (Å²) in [5, 5.41) is 8.04. The second-order valence-corrected chi connectivity index (χ2v) is 8.84. The molecule has 0 spiro atoms. The molecule has 36 heavy (non-hydrogen) atoms. The largest absolute Gasteiger partial charge is 0.379 e. The molecular formula is C29H32FN5O. The fourth-order valence-corrected chi connectivity index (χ4v) is 4.16. The van der Waals surface area contributed by atoms with Crippen LogP contribution in [0.25, 0.3) is 5.70 Å². The van der Waals surface area contributed by atoms with Crippen molar-refractivity contribution in [1.82, 2.24) is 24.6 Å². The zero-order chi connectivity index (χ0) is 25.5. The molecule has 6 nitrogen and oxygen atoms in total. The number of rotatable bonds is 11. The van der Waals surface area contributed by atoms with Crippen molar-refractivity contribution < 1.29 is 4.39 Å². The fraction of sp³-hybridized carbons (Fsp3) is 0.276. The Kier molecular flexibility index (Phi) is 8.10. The van der Waals surface area contributed by atoms with Crippen LogP contribution in [0.4, 0.5) is 4.39 Å². The first kappa shape index (κ1) is 25.1. The van der Waals surface area contributed by atoms with Crippen LogP contribution >= 0.6 is 0 Å². The molecular weight excluding hydrogens is 453 g/mol. The van der Waals surface area contributed by atoms with E-state index in [1.54, 1.807) is 35.2 Å². The van der Waals surface area contributed by atoms with Gasteiger partial charge in [0.25, 0.3) is 5.56 Å². The van der Waals surface area contributed by atoms with Crippen LogP contribution in [0.2, 0.25) is 0 Å². The molecule has 0 aliphatic heterocycles. The summed E-state index contributed by atoms with van der Waals surface area (Å²) < 4.78 is 18.2. The molecule has 7 heteroatoms. The molecule has 1 aromatic carbocycles. The molecule has 0 unspecified atom stereocenters. The van der Waals surface area contributed by atoms with Gasteiger partial charge in [0, 0.05) is 35.9 Å². The zero-order valence-corrected chi connectivity index (χ0v) is 20.9. The van der Waals surface area contributed by atoms with Crippen molar-refractivity contribution in [2.75, 3.05) is 0 Å². The monoisotopic (exact) mass is 485 g/mol. The number of halogens is 1. The predicted octanol–water partition coefficient (Wildman–Crippen LogP) is 4.95. The summed E-state index contributed by atoms with van der Waals surface area (Å²) in [5.41, 5.74) is 5.81. The van der Waals surface area contributed by atoms with Crippen molar-refractivity contribution in [1.29, 1.82) is 0 Å². The molecule has 0 saturated heterocycles. The topological polar surface area (TPSA) is 64.7 Å². The van der Waals surface area contributed by atoms with E-state index in [2.05, 4.69) is 35.9 Å². The van der Waals surface area contributed by atoms with Gasteiger partial charge in [-0.1, -0.05) is 57.2 Å². The number of aromatic nitrogens is 4. The standard InChI is InChI=1S/C29H32FN5O/c1-4-8-26-25(21(3)32-17-27-29(30)24(5-2)14-15-31-27)20-35(33-26)19-23-12-10-22(11-13-23)18-34-16-7-6-9-28(34)36/h6-7,9-16,20,32H,3-5,8,17-19H2,1-2H3. The lowest BCUT2D eigenvalue weighted by atomic mass is 10.1. The van der Waals surface area contributed by atoms with E-state index in [1.807, 2.05) is 36.0 Å². The molecule has 4 rings (SSSR count). The number of hydrogen-bond donors (Lipinski definition) is 1. The maximum absolute atomic E-state index is 14.6. The molecule has 3 aromatic heterocycles. The van der Waals surface area contributed by atoms with Gasteiger partial charge >= 0.3 is 0 Å². The molecule has 186 valence electrons. The van der Waals surface area contributed by atoms with E-state index in [1.165, 1.54) is 0 Å². The van der Waals surface area contributed by atoms with Gasteiger partial charge in [-0.25, -0.2) is 4.39 Å². The van der Waals surface area contributed by atoms with Gasteiger partial charge in [0.15, 0.2) is 0 Å². The Hall–Kier alpha value is -4.00. The second kappa shape index (κ2) is 11.6. The normalized spacial score (nSPS) is 11.0. The molecule has 0 amide bonds. The average Bonchev–Trinajstić information content (AvgIpc) is 3.28.